The lowest BCUT2D eigenvalue weighted by atomic mass is 10.1. The molecule has 0 aliphatic rings. The molecule has 11 heteroatoms. The van der Waals surface area contributed by atoms with Gasteiger partial charge in [-0.3, -0.25) is 19.2 Å². The first-order valence-electron chi connectivity index (χ1n) is 6.63. The maximum atomic E-state index is 11.7. The second-order valence-electron chi connectivity index (χ2n) is 4.62. The van der Waals surface area contributed by atoms with E-state index < -0.39 is 41.7 Å². The van der Waals surface area contributed by atoms with Crippen molar-refractivity contribution < 1.29 is 29.1 Å². The molecule has 2 atom stereocenters. The molecular formula is C12H20N4O6S. The fourth-order valence-electron chi connectivity index (χ4n) is 1.54. The van der Waals surface area contributed by atoms with Crippen molar-refractivity contribution in [1.29, 1.82) is 0 Å². The Kier molecular flexibility index (Phi) is 9.39. The van der Waals surface area contributed by atoms with Crippen LogP contribution in [0.4, 0.5) is 0 Å². The highest BCUT2D eigenvalue weighted by Gasteiger charge is 2.22. The van der Waals surface area contributed by atoms with E-state index >= 15 is 0 Å². The van der Waals surface area contributed by atoms with Crippen LogP contribution < -0.4 is 21.7 Å². The van der Waals surface area contributed by atoms with Crippen molar-refractivity contribution in [3.8, 4) is 0 Å². The van der Waals surface area contributed by atoms with Gasteiger partial charge in [0.05, 0.1) is 6.54 Å². The van der Waals surface area contributed by atoms with E-state index in [2.05, 4.69) is 28.6 Å². The van der Waals surface area contributed by atoms with E-state index in [1.807, 2.05) is 0 Å². The number of carboxylic acid groups (broad SMARTS) is 1. The molecule has 0 heterocycles. The van der Waals surface area contributed by atoms with Gasteiger partial charge in [-0.2, -0.15) is 12.6 Å². The molecule has 0 radical (unpaired) electrons. The number of nitrogens with one attached hydrogen (secondary N) is 3. The van der Waals surface area contributed by atoms with Crippen LogP contribution in [-0.2, 0) is 24.0 Å². The fourth-order valence-corrected chi connectivity index (χ4v) is 1.79. The topological polar surface area (TPSA) is 168 Å². The van der Waals surface area contributed by atoms with E-state index in [0.717, 1.165) is 6.92 Å². The molecule has 0 aromatic rings. The summed E-state index contributed by atoms with van der Waals surface area (Å²) < 4.78 is 0. The van der Waals surface area contributed by atoms with Gasteiger partial charge < -0.3 is 26.8 Å². The van der Waals surface area contributed by atoms with Crippen molar-refractivity contribution in [3.63, 3.8) is 0 Å². The Labute approximate surface area is 138 Å². The SMILES string of the molecule is CC(=O)N[C@@H](CCC(=O)N[C@@H](CS)C(=O)NCC(N)=O)C(=O)O. The number of amides is 4. The van der Waals surface area contributed by atoms with Gasteiger partial charge in [-0.15, -0.1) is 0 Å². The third-order valence-corrected chi connectivity index (χ3v) is 2.97. The van der Waals surface area contributed by atoms with Gasteiger partial charge in [-0.25, -0.2) is 4.79 Å². The smallest absolute Gasteiger partial charge is 0.326 e. The zero-order valence-corrected chi connectivity index (χ0v) is 13.4. The first-order chi connectivity index (χ1) is 10.7. The van der Waals surface area contributed by atoms with Crippen LogP contribution in [0.25, 0.3) is 0 Å². The van der Waals surface area contributed by atoms with Gasteiger partial charge in [0, 0.05) is 19.1 Å². The largest absolute Gasteiger partial charge is 0.480 e. The number of hydrogen-bond acceptors (Lipinski definition) is 6. The van der Waals surface area contributed by atoms with Crippen molar-refractivity contribution >= 4 is 42.2 Å². The molecular weight excluding hydrogens is 328 g/mol. The molecule has 0 saturated heterocycles. The molecule has 6 N–H and O–H groups in total. The monoisotopic (exact) mass is 348 g/mol. The molecule has 0 aliphatic heterocycles. The van der Waals surface area contributed by atoms with Gasteiger partial charge in [0.2, 0.25) is 23.6 Å². The summed E-state index contributed by atoms with van der Waals surface area (Å²) in [5.41, 5.74) is 4.88. The fraction of sp³-hybridized carbons (Fsp3) is 0.583. The minimum absolute atomic E-state index is 0.0234. The number of thiol groups is 1. The lowest BCUT2D eigenvalue weighted by Gasteiger charge is -2.17. The summed E-state index contributed by atoms with van der Waals surface area (Å²) in [5.74, 6) is -3.78. The number of carbonyl (C=O) groups excluding carboxylic acids is 4. The number of nitrogens with two attached hydrogens (primary N) is 1. The van der Waals surface area contributed by atoms with Crippen LogP contribution in [0.5, 0.6) is 0 Å². The van der Waals surface area contributed by atoms with Gasteiger partial charge in [0.1, 0.15) is 12.1 Å². The average molecular weight is 348 g/mol. The van der Waals surface area contributed by atoms with E-state index in [4.69, 9.17) is 10.8 Å². The van der Waals surface area contributed by atoms with Crippen LogP contribution in [0.3, 0.4) is 0 Å². The molecule has 0 fully saturated rings. The van der Waals surface area contributed by atoms with E-state index in [1.165, 1.54) is 0 Å². The predicted octanol–water partition coefficient (Wildman–Crippen LogP) is -2.63. The first kappa shape index (κ1) is 20.7. The van der Waals surface area contributed by atoms with Gasteiger partial charge in [0.25, 0.3) is 0 Å². The molecule has 0 aliphatic carbocycles. The molecule has 0 bridgehead atoms. The van der Waals surface area contributed by atoms with Crippen LogP contribution in [0.15, 0.2) is 0 Å². The van der Waals surface area contributed by atoms with Crippen LogP contribution in [0, 0.1) is 0 Å². The number of hydrogen-bond donors (Lipinski definition) is 6. The molecule has 0 saturated carbocycles. The Bertz CT molecular complexity index is 484. The lowest BCUT2D eigenvalue weighted by molar-refractivity contribution is -0.142. The van der Waals surface area contributed by atoms with E-state index in [1.54, 1.807) is 0 Å². The van der Waals surface area contributed by atoms with Gasteiger partial charge in [-0.05, 0) is 6.42 Å². The van der Waals surface area contributed by atoms with Crippen molar-refractivity contribution in [1.82, 2.24) is 16.0 Å². The number of carboxylic acids is 1. The number of carbonyl (C=O) groups is 5. The molecule has 0 aromatic carbocycles. The zero-order chi connectivity index (χ0) is 18.0. The standard InChI is InChI=1S/C12H20N4O6S/c1-6(17)15-7(12(21)22)2-3-10(19)16-8(5-23)11(20)14-4-9(13)18/h7-8,23H,2-5H2,1H3,(H2,13,18)(H,14,20)(H,15,17)(H,16,19)(H,21,22)/t7-,8-/m0/s1. The van der Waals surface area contributed by atoms with Gasteiger partial charge in [0.15, 0.2) is 0 Å². The average Bonchev–Trinajstić information content (AvgIpc) is 2.45. The van der Waals surface area contributed by atoms with Crippen LogP contribution in [0.2, 0.25) is 0 Å². The summed E-state index contributed by atoms with van der Waals surface area (Å²) in [6.45, 7) is 0.790. The first-order valence-corrected chi connectivity index (χ1v) is 7.26. The van der Waals surface area contributed by atoms with Gasteiger partial charge in [-0.1, -0.05) is 0 Å². The third kappa shape index (κ3) is 9.34. The highest BCUT2D eigenvalue weighted by Crippen LogP contribution is 2.00. The minimum atomic E-state index is -1.27. The molecule has 0 spiro atoms. The Morgan fingerprint density at radius 1 is 1.13 bits per heavy atom. The molecule has 0 unspecified atom stereocenters. The van der Waals surface area contributed by atoms with Crippen molar-refractivity contribution in [2.75, 3.05) is 12.3 Å². The quantitative estimate of drug-likeness (QED) is 0.236. The van der Waals surface area contributed by atoms with E-state index in [-0.39, 0.29) is 25.1 Å². The molecule has 23 heavy (non-hydrogen) atoms. The Morgan fingerprint density at radius 2 is 1.74 bits per heavy atom. The third-order valence-electron chi connectivity index (χ3n) is 2.61. The molecule has 10 nitrogen and oxygen atoms in total. The zero-order valence-electron chi connectivity index (χ0n) is 12.5. The lowest BCUT2D eigenvalue weighted by Crippen LogP contribution is -2.50. The summed E-state index contributed by atoms with van der Waals surface area (Å²) in [4.78, 5) is 55.8. The Balaban J connectivity index is 4.43. The summed E-state index contributed by atoms with van der Waals surface area (Å²) in [7, 11) is 0. The Morgan fingerprint density at radius 3 is 2.17 bits per heavy atom. The van der Waals surface area contributed by atoms with Gasteiger partial charge >= 0.3 is 5.97 Å². The van der Waals surface area contributed by atoms with E-state index in [0.29, 0.717) is 0 Å². The minimum Gasteiger partial charge on any atom is -0.480 e. The highest BCUT2D eigenvalue weighted by atomic mass is 32.1. The second-order valence-corrected chi connectivity index (χ2v) is 4.98. The van der Waals surface area contributed by atoms with E-state index in [9.17, 15) is 24.0 Å². The van der Waals surface area contributed by atoms with Crippen molar-refractivity contribution in [2.24, 2.45) is 5.73 Å². The van der Waals surface area contributed by atoms with Crippen molar-refractivity contribution in [3.05, 3.63) is 0 Å². The van der Waals surface area contributed by atoms with Crippen LogP contribution in [-0.4, -0.2) is 59.1 Å². The number of primary amides is 1. The predicted molar refractivity (Wildman–Crippen MR) is 82.5 cm³/mol. The summed E-state index contributed by atoms with van der Waals surface area (Å²) >= 11 is 3.92. The molecule has 130 valence electrons. The maximum Gasteiger partial charge on any atom is 0.326 e. The maximum absolute atomic E-state index is 11.7. The summed E-state index contributed by atoms with van der Waals surface area (Å²) in [6, 6.07) is -2.19. The second kappa shape index (κ2) is 10.4. The molecule has 0 aromatic heterocycles. The normalized spacial score (nSPS) is 12.6. The highest BCUT2D eigenvalue weighted by molar-refractivity contribution is 7.80. The summed E-state index contributed by atoms with van der Waals surface area (Å²) in [6.07, 6.45) is -0.354. The summed E-state index contributed by atoms with van der Waals surface area (Å²) in [5, 5.41) is 15.7. The Hall–Kier alpha value is -2.30. The number of aliphatic carboxylic acids is 1. The van der Waals surface area contributed by atoms with Crippen LogP contribution >= 0.6 is 12.6 Å². The number of rotatable bonds is 10. The van der Waals surface area contributed by atoms with Crippen LogP contribution in [0.1, 0.15) is 19.8 Å². The molecule has 0 rings (SSSR count). The molecule has 4 amide bonds. The van der Waals surface area contributed by atoms with Crippen molar-refractivity contribution in [2.45, 2.75) is 31.8 Å².